The molecule has 0 amide bonds. The Labute approximate surface area is 145 Å². The van der Waals surface area contributed by atoms with E-state index in [1.165, 1.54) is 18.2 Å². The Morgan fingerprint density at radius 2 is 1.86 bits per heavy atom. The van der Waals surface area contributed by atoms with Gasteiger partial charge in [-0.25, -0.2) is 8.78 Å². The molecule has 0 saturated heterocycles. The van der Waals surface area contributed by atoms with Crippen LogP contribution in [0.25, 0.3) is 0 Å². The number of rotatable bonds is 1. The molecule has 1 N–H and O–H groups in total. The number of fused-ring (bicyclic) bond motifs is 1. The summed E-state index contributed by atoms with van der Waals surface area (Å²) in [6.07, 6.45) is 0. The molecule has 1 heterocycles. The number of halogens is 4. The first-order valence-electron chi connectivity index (χ1n) is 6.73. The van der Waals surface area contributed by atoms with Crippen LogP contribution in [-0.2, 0) is 0 Å². The molecule has 0 aromatic heterocycles. The smallest absolute Gasteiger partial charge is 0.135 e. The van der Waals surface area contributed by atoms with Gasteiger partial charge in [0.25, 0.3) is 0 Å². The fourth-order valence-electron chi connectivity index (χ4n) is 2.43. The van der Waals surface area contributed by atoms with Gasteiger partial charge in [-0.15, -0.1) is 0 Å². The zero-order valence-electron chi connectivity index (χ0n) is 11.6. The Morgan fingerprint density at radius 3 is 2.55 bits per heavy atom. The van der Waals surface area contributed by atoms with Gasteiger partial charge in [0, 0.05) is 21.4 Å². The summed E-state index contributed by atoms with van der Waals surface area (Å²) < 4.78 is 29.3. The Morgan fingerprint density at radius 1 is 1.18 bits per heavy atom. The highest BCUT2D eigenvalue weighted by Crippen LogP contribution is 2.34. The number of hydrogen-bond acceptors (Lipinski definition) is 2. The maximum absolute atomic E-state index is 14.2. The van der Waals surface area contributed by atoms with Crippen LogP contribution in [0, 0.1) is 15.2 Å². The van der Waals surface area contributed by atoms with Crippen molar-refractivity contribution in [2.45, 2.75) is 13.0 Å². The molecule has 0 aliphatic carbocycles. The molecule has 1 atom stereocenters. The normalized spacial score (nSPS) is 17.3. The molecule has 2 nitrogen and oxygen atoms in total. The van der Waals surface area contributed by atoms with Gasteiger partial charge in [-0.3, -0.25) is 4.99 Å². The van der Waals surface area contributed by atoms with Crippen LogP contribution < -0.4 is 5.32 Å². The molecule has 0 fully saturated rings. The molecule has 0 saturated carbocycles. The van der Waals surface area contributed by atoms with Crippen molar-refractivity contribution in [2.75, 3.05) is 11.9 Å². The lowest BCUT2D eigenvalue weighted by atomic mass is 9.99. The lowest BCUT2D eigenvalue weighted by Crippen LogP contribution is -2.13. The molecule has 0 bridgehead atoms. The first-order chi connectivity index (χ1) is 10.5. The third-order valence-corrected chi connectivity index (χ3v) is 5.08. The van der Waals surface area contributed by atoms with Crippen LogP contribution in [-0.4, -0.2) is 18.3 Å². The number of aliphatic imine (C=N–C) groups is 1. The molecule has 22 heavy (non-hydrogen) atoms. The van der Waals surface area contributed by atoms with Gasteiger partial charge in [0.1, 0.15) is 11.6 Å². The van der Waals surface area contributed by atoms with Crippen molar-refractivity contribution in [3.05, 3.63) is 61.7 Å². The minimum atomic E-state index is -0.645. The van der Waals surface area contributed by atoms with Gasteiger partial charge in [0.2, 0.25) is 0 Å². The maximum Gasteiger partial charge on any atom is 0.135 e. The Balaban J connectivity index is 2.33. The Hall–Kier alpha value is -1.21. The summed E-state index contributed by atoms with van der Waals surface area (Å²) in [5.41, 5.74) is 1.40. The zero-order valence-corrected chi connectivity index (χ0v) is 14.5. The van der Waals surface area contributed by atoms with Crippen LogP contribution in [0.2, 0.25) is 5.02 Å². The Bertz CT molecular complexity index is 757. The molecule has 1 aliphatic rings. The van der Waals surface area contributed by atoms with Crippen molar-refractivity contribution < 1.29 is 8.78 Å². The van der Waals surface area contributed by atoms with Gasteiger partial charge in [-0.2, -0.15) is 0 Å². The standard InChI is InChI=1S/C16H12ClF2IN2/c1-8-7-21-12-6-5-11(20)15(17)14(12)16(22-8)13-9(18)3-2-4-10(13)19/h2-6,8,21H,7H2,1H3/t8-/m0/s1. The van der Waals surface area contributed by atoms with Crippen molar-refractivity contribution in [3.63, 3.8) is 0 Å². The number of nitrogens with zero attached hydrogens (tertiary/aromatic N) is 1. The average molecular weight is 433 g/mol. The number of anilines is 1. The van der Waals surface area contributed by atoms with Crippen molar-refractivity contribution in [3.8, 4) is 0 Å². The fourth-order valence-corrected chi connectivity index (χ4v) is 3.14. The molecule has 2 aromatic rings. The van der Waals surface area contributed by atoms with Crippen molar-refractivity contribution in [1.29, 1.82) is 0 Å². The van der Waals surface area contributed by atoms with E-state index < -0.39 is 11.6 Å². The first-order valence-corrected chi connectivity index (χ1v) is 8.19. The van der Waals surface area contributed by atoms with Crippen molar-refractivity contribution in [1.82, 2.24) is 0 Å². The van der Waals surface area contributed by atoms with E-state index in [2.05, 4.69) is 32.9 Å². The van der Waals surface area contributed by atoms with Gasteiger partial charge in [0.15, 0.2) is 0 Å². The monoisotopic (exact) mass is 432 g/mol. The number of benzene rings is 2. The molecule has 1 aliphatic heterocycles. The van der Waals surface area contributed by atoms with Crippen LogP contribution in [0.3, 0.4) is 0 Å². The van der Waals surface area contributed by atoms with Crippen LogP contribution in [0.15, 0.2) is 35.3 Å². The predicted octanol–water partition coefficient (Wildman–Crippen LogP) is 4.87. The van der Waals surface area contributed by atoms with Gasteiger partial charge in [-0.05, 0) is 53.8 Å². The molecular formula is C16H12ClF2IN2. The maximum atomic E-state index is 14.2. The van der Waals surface area contributed by atoms with Gasteiger partial charge < -0.3 is 5.32 Å². The molecule has 6 heteroatoms. The lowest BCUT2D eigenvalue weighted by Gasteiger charge is -2.14. The molecule has 0 unspecified atom stereocenters. The van der Waals surface area contributed by atoms with E-state index in [0.717, 1.165) is 9.26 Å². The summed E-state index contributed by atoms with van der Waals surface area (Å²) in [7, 11) is 0. The third-order valence-electron chi connectivity index (χ3n) is 3.47. The van der Waals surface area contributed by atoms with E-state index >= 15 is 0 Å². The van der Waals surface area contributed by atoms with E-state index in [1.807, 2.05) is 19.1 Å². The third kappa shape index (κ3) is 2.72. The van der Waals surface area contributed by atoms with Crippen molar-refractivity contribution in [2.24, 2.45) is 4.99 Å². The minimum Gasteiger partial charge on any atom is -0.382 e. The Kier molecular flexibility index (Phi) is 4.36. The quantitative estimate of drug-likeness (QED) is 0.639. The van der Waals surface area contributed by atoms with Crippen LogP contribution in [0.1, 0.15) is 18.1 Å². The predicted molar refractivity (Wildman–Crippen MR) is 94.1 cm³/mol. The summed E-state index contributed by atoms with van der Waals surface area (Å²) in [6, 6.07) is 7.38. The second kappa shape index (κ2) is 6.12. The molecular weight excluding hydrogens is 421 g/mol. The van der Waals surface area contributed by atoms with E-state index in [9.17, 15) is 8.78 Å². The van der Waals surface area contributed by atoms with Gasteiger partial charge in [-0.1, -0.05) is 17.7 Å². The number of nitrogens with one attached hydrogen (secondary N) is 1. The van der Waals surface area contributed by atoms with E-state index in [0.29, 0.717) is 17.1 Å². The van der Waals surface area contributed by atoms with Crippen LogP contribution in [0.5, 0.6) is 0 Å². The summed E-state index contributed by atoms with van der Waals surface area (Å²) >= 11 is 8.50. The average Bonchev–Trinajstić information content (AvgIpc) is 2.63. The van der Waals surface area contributed by atoms with E-state index in [-0.39, 0.29) is 17.3 Å². The highest BCUT2D eigenvalue weighted by Gasteiger charge is 2.25. The van der Waals surface area contributed by atoms with E-state index in [1.54, 1.807) is 0 Å². The van der Waals surface area contributed by atoms with Crippen molar-refractivity contribution >= 4 is 45.6 Å². The number of benzodiazepines with no additional fused rings is 1. The minimum absolute atomic E-state index is 0.130. The summed E-state index contributed by atoms with van der Waals surface area (Å²) in [6.45, 7) is 2.46. The van der Waals surface area contributed by atoms with Gasteiger partial charge in [0.05, 0.1) is 22.3 Å². The highest BCUT2D eigenvalue weighted by atomic mass is 127. The zero-order chi connectivity index (χ0) is 15.9. The lowest BCUT2D eigenvalue weighted by molar-refractivity contribution is 0.578. The topological polar surface area (TPSA) is 24.4 Å². The fraction of sp³-hybridized carbons (Fsp3) is 0.188. The van der Waals surface area contributed by atoms with Gasteiger partial charge >= 0.3 is 0 Å². The summed E-state index contributed by atoms with van der Waals surface area (Å²) in [5.74, 6) is -1.29. The first kappa shape index (κ1) is 15.7. The van der Waals surface area contributed by atoms with Crippen LogP contribution in [0.4, 0.5) is 14.5 Å². The molecule has 0 spiro atoms. The second-order valence-electron chi connectivity index (χ2n) is 5.09. The molecule has 2 aromatic carbocycles. The second-order valence-corrected chi connectivity index (χ2v) is 6.63. The van der Waals surface area contributed by atoms with Crippen LogP contribution >= 0.6 is 34.2 Å². The molecule has 3 rings (SSSR count). The molecule has 114 valence electrons. The largest absolute Gasteiger partial charge is 0.382 e. The summed E-state index contributed by atoms with van der Waals surface area (Å²) in [4.78, 5) is 4.50. The van der Waals surface area contributed by atoms with E-state index in [4.69, 9.17) is 11.6 Å². The SMILES string of the molecule is C[C@H]1CNc2ccc(I)c(Cl)c2C(c2c(F)cccc2F)=N1. The summed E-state index contributed by atoms with van der Waals surface area (Å²) in [5, 5.41) is 3.68. The highest BCUT2D eigenvalue weighted by molar-refractivity contribution is 14.1. The molecule has 0 radical (unpaired) electrons. The number of hydrogen-bond donors (Lipinski definition) is 1.